The molecular formula is C16H15Br2NO. The topological polar surface area (TPSA) is 20.3 Å². The van der Waals surface area contributed by atoms with Crippen LogP contribution in [0.15, 0.2) is 60.7 Å². The second-order valence-electron chi connectivity index (χ2n) is 4.57. The predicted molar refractivity (Wildman–Crippen MR) is 90.6 cm³/mol. The van der Waals surface area contributed by atoms with Gasteiger partial charge in [-0.3, -0.25) is 4.79 Å². The van der Waals surface area contributed by atoms with Gasteiger partial charge in [-0.2, -0.15) is 0 Å². The number of halogens is 2. The quantitative estimate of drug-likeness (QED) is 0.702. The van der Waals surface area contributed by atoms with Gasteiger partial charge in [0.15, 0.2) is 3.23 Å². The number of alkyl halides is 2. The van der Waals surface area contributed by atoms with E-state index in [1.165, 1.54) is 0 Å². The Labute approximate surface area is 136 Å². The molecule has 0 bridgehead atoms. The fraction of sp³-hybridized carbons (Fsp3) is 0.188. The summed E-state index contributed by atoms with van der Waals surface area (Å²) in [6, 6.07) is 19.5. The van der Waals surface area contributed by atoms with Gasteiger partial charge in [-0.15, -0.1) is 0 Å². The van der Waals surface area contributed by atoms with Crippen molar-refractivity contribution in [3.05, 3.63) is 66.2 Å². The summed E-state index contributed by atoms with van der Waals surface area (Å²) in [5, 5.41) is 0. The third-order valence-electron chi connectivity index (χ3n) is 3.03. The van der Waals surface area contributed by atoms with Gasteiger partial charge in [-0.25, -0.2) is 0 Å². The van der Waals surface area contributed by atoms with Crippen molar-refractivity contribution in [2.75, 3.05) is 11.9 Å². The van der Waals surface area contributed by atoms with Gasteiger partial charge in [0, 0.05) is 19.2 Å². The van der Waals surface area contributed by atoms with E-state index in [4.69, 9.17) is 0 Å². The molecule has 2 rings (SSSR count). The first-order valence-corrected chi connectivity index (χ1v) is 7.84. The Kier molecular flexibility index (Phi) is 5.00. The minimum absolute atomic E-state index is 0.0347. The Balaban J connectivity index is 2.15. The number of carbonyl (C=O) groups is 1. The molecule has 4 heteroatoms. The standard InChI is InChI=1S/C16H15Br2NO/c1-19(14-10-6-3-7-11-14)15(20)16(17,18)12-13-8-4-2-5-9-13/h2-11H,12H2,1H3. The van der Waals surface area contributed by atoms with E-state index < -0.39 is 3.23 Å². The number of rotatable bonds is 4. The van der Waals surface area contributed by atoms with Crippen molar-refractivity contribution < 1.29 is 4.79 Å². The van der Waals surface area contributed by atoms with E-state index in [1.54, 1.807) is 11.9 Å². The Morgan fingerprint density at radius 2 is 1.50 bits per heavy atom. The molecule has 0 atom stereocenters. The highest BCUT2D eigenvalue weighted by atomic mass is 79.9. The molecule has 0 radical (unpaired) electrons. The summed E-state index contributed by atoms with van der Waals surface area (Å²) in [4.78, 5) is 14.2. The normalized spacial score (nSPS) is 11.2. The number of amides is 1. The molecule has 0 aliphatic carbocycles. The number of benzene rings is 2. The van der Waals surface area contributed by atoms with Crippen LogP contribution >= 0.6 is 31.9 Å². The molecule has 0 fully saturated rings. The zero-order valence-electron chi connectivity index (χ0n) is 11.1. The Morgan fingerprint density at radius 1 is 1.00 bits per heavy atom. The number of hydrogen-bond acceptors (Lipinski definition) is 1. The molecule has 20 heavy (non-hydrogen) atoms. The number of carbonyl (C=O) groups excluding carboxylic acids is 1. The van der Waals surface area contributed by atoms with Crippen molar-refractivity contribution in [3.8, 4) is 0 Å². The maximum atomic E-state index is 12.6. The summed E-state index contributed by atoms with van der Waals surface area (Å²) in [7, 11) is 1.78. The number of hydrogen-bond donors (Lipinski definition) is 0. The lowest BCUT2D eigenvalue weighted by Gasteiger charge is -2.26. The van der Waals surface area contributed by atoms with Gasteiger partial charge in [0.25, 0.3) is 5.91 Å². The predicted octanol–water partition coefficient (Wildman–Crippen LogP) is 4.38. The third-order valence-corrected chi connectivity index (χ3v) is 4.27. The molecule has 2 aromatic carbocycles. The average molecular weight is 397 g/mol. The fourth-order valence-corrected chi connectivity index (χ4v) is 3.12. The van der Waals surface area contributed by atoms with E-state index in [0.717, 1.165) is 11.3 Å². The summed E-state index contributed by atoms with van der Waals surface area (Å²) in [5.74, 6) is -0.0347. The lowest BCUT2D eigenvalue weighted by atomic mass is 10.1. The van der Waals surface area contributed by atoms with Gasteiger partial charge in [-0.05, 0) is 17.7 Å². The van der Waals surface area contributed by atoms with Gasteiger partial charge < -0.3 is 4.90 Å². The Morgan fingerprint density at radius 3 is 2.05 bits per heavy atom. The first-order valence-electron chi connectivity index (χ1n) is 6.25. The van der Waals surface area contributed by atoms with Crippen LogP contribution in [-0.4, -0.2) is 16.2 Å². The molecule has 104 valence electrons. The molecule has 0 saturated heterocycles. The average Bonchev–Trinajstić information content (AvgIpc) is 2.47. The van der Waals surface area contributed by atoms with Gasteiger partial charge in [-0.1, -0.05) is 80.4 Å². The van der Waals surface area contributed by atoms with Gasteiger partial charge in [0.1, 0.15) is 0 Å². The summed E-state index contributed by atoms with van der Waals surface area (Å²) in [5.41, 5.74) is 1.96. The van der Waals surface area contributed by atoms with Gasteiger partial charge >= 0.3 is 0 Å². The largest absolute Gasteiger partial charge is 0.314 e. The number of anilines is 1. The summed E-state index contributed by atoms with van der Waals surface area (Å²) in [6.07, 6.45) is 0.573. The molecule has 0 saturated carbocycles. The Bertz CT molecular complexity index is 570. The third kappa shape index (κ3) is 3.70. The highest BCUT2D eigenvalue weighted by molar-refractivity contribution is 9.25. The lowest BCUT2D eigenvalue weighted by molar-refractivity contribution is -0.118. The molecule has 0 aliphatic heterocycles. The van der Waals surface area contributed by atoms with Crippen molar-refractivity contribution in [2.45, 2.75) is 9.65 Å². The lowest BCUT2D eigenvalue weighted by Crippen LogP contribution is -2.40. The maximum absolute atomic E-state index is 12.6. The molecule has 0 unspecified atom stereocenters. The second kappa shape index (κ2) is 6.55. The van der Waals surface area contributed by atoms with Crippen LogP contribution in [-0.2, 0) is 11.2 Å². The van der Waals surface area contributed by atoms with E-state index >= 15 is 0 Å². The van der Waals surface area contributed by atoms with E-state index in [1.807, 2.05) is 60.7 Å². The van der Waals surface area contributed by atoms with Crippen LogP contribution in [0, 0.1) is 0 Å². The number of para-hydroxylation sites is 1. The molecule has 2 aromatic rings. The van der Waals surface area contributed by atoms with Crippen molar-refractivity contribution >= 4 is 43.5 Å². The highest BCUT2D eigenvalue weighted by Crippen LogP contribution is 2.33. The monoisotopic (exact) mass is 395 g/mol. The maximum Gasteiger partial charge on any atom is 0.254 e. The van der Waals surface area contributed by atoms with Crippen LogP contribution < -0.4 is 4.90 Å². The molecule has 1 amide bonds. The zero-order chi connectivity index (χ0) is 14.6. The van der Waals surface area contributed by atoms with Crippen LogP contribution in [0.25, 0.3) is 0 Å². The van der Waals surface area contributed by atoms with Crippen molar-refractivity contribution in [1.82, 2.24) is 0 Å². The number of nitrogens with zero attached hydrogens (tertiary/aromatic N) is 1. The van der Waals surface area contributed by atoms with E-state index in [9.17, 15) is 4.79 Å². The summed E-state index contributed by atoms with van der Waals surface area (Å²) < 4.78 is -0.800. The SMILES string of the molecule is CN(C(=O)C(Br)(Br)Cc1ccccc1)c1ccccc1. The molecule has 0 N–H and O–H groups in total. The van der Waals surface area contributed by atoms with E-state index in [2.05, 4.69) is 31.9 Å². The molecule has 0 heterocycles. The second-order valence-corrected chi connectivity index (χ2v) is 8.34. The van der Waals surface area contributed by atoms with Crippen molar-refractivity contribution in [1.29, 1.82) is 0 Å². The van der Waals surface area contributed by atoms with Crippen LogP contribution in [0.4, 0.5) is 5.69 Å². The minimum Gasteiger partial charge on any atom is -0.314 e. The highest BCUT2D eigenvalue weighted by Gasteiger charge is 2.35. The van der Waals surface area contributed by atoms with E-state index in [-0.39, 0.29) is 5.91 Å². The molecule has 2 nitrogen and oxygen atoms in total. The summed E-state index contributed by atoms with van der Waals surface area (Å²) in [6.45, 7) is 0. The minimum atomic E-state index is -0.800. The molecule has 0 aromatic heterocycles. The fourth-order valence-electron chi connectivity index (χ4n) is 1.94. The molecule has 0 spiro atoms. The van der Waals surface area contributed by atoms with Crippen molar-refractivity contribution in [2.24, 2.45) is 0 Å². The molecular weight excluding hydrogens is 382 g/mol. The van der Waals surface area contributed by atoms with Gasteiger partial charge in [0.05, 0.1) is 0 Å². The van der Waals surface area contributed by atoms with Crippen LogP contribution in [0.1, 0.15) is 5.56 Å². The van der Waals surface area contributed by atoms with Crippen LogP contribution in [0.5, 0.6) is 0 Å². The zero-order valence-corrected chi connectivity index (χ0v) is 14.3. The van der Waals surface area contributed by atoms with Crippen LogP contribution in [0.3, 0.4) is 0 Å². The summed E-state index contributed by atoms with van der Waals surface area (Å²) >= 11 is 7.02. The smallest absolute Gasteiger partial charge is 0.254 e. The Hall–Kier alpha value is -1.13. The molecule has 0 aliphatic rings. The van der Waals surface area contributed by atoms with Crippen molar-refractivity contribution in [3.63, 3.8) is 0 Å². The first kappa shape index (κ1) is 15.3. The van der Waals surface area contributed by atoms with Crippen LogP contribution in [0.2, 0.25) is 0 Å². The van der Waals surface area contributed by atoms with E-state index in [0.29, 0.717) is 6.42 Å². The first-order chi connectivity index (χ1) is 9.50. The van der Waals surface area contributed by atoms with Gasteiger partial charge in [0.2, 0.25) is 0 Å².